The third-order valence-corrected chi connectivity index (χ3v) is 4.52. The maximum atomic E-state index is 13.1. The predicted octanol–water partition coefficient (Wildman–Crippen LogP) is 3.08. The molecule has 0 spiro atoms. The van der Waals surface area contributed by atoms with Crippen molar-refractivity contribution in [3.8, 4) is 11.6 Å². The number of benzene rings is 1. The smallest absolute Gasteiger partial charge is 0.254 e. The maximum Gasteiger partial charge on any atom is 0.254 e. The zero-order valence-corrected chi connectivity index (χ0v) is 14.6. The van der Waals surface area contributed by atoms with E-state index in [0.717, 1.165) is 24.2 Å². The van der Waals surface area contributed by atoms with Crippen LogP contribution in [0.4, 0.5) is 0 Å². The van der Waals surface area contributed by atoms with Crippen LogP contribution in [0, 0.1) is 0 Å². The molecule has 1 amide bonds. The number of nitrogens with zero attached hydrogens (tertiary/aromatic N) is 4. The number of carbonyl (C=O) groups is 1. The van der Waals surface area contributed by atoms with Crippen LogP contribution in [0.5, 0.6) is 5.75 Å². The van der Waals surface area contributed by atoms with Gasteiger partial charge in [0.05, 0.1) is 7.11 Å². The molecular weight excluding hydrogens is 328 g/mol. The van der Waals surface area contributed by atoms with Crippen molar-refractivity contribution in [2.24, 2.45) is 0 Å². The number of imidazole rings is 1. The highest BCUT2D eigenvalue weighted by Crippen LogP contribution is 2.30. The number of ether oxygens (including phenoxy) is 1. The van der Waals surface area contributed by atoms with Gasteiger partial charge in [0.2, 0.25) is 0 Å². The Bertz CT molecular complexity index is 886. The van der Waals surface area contributed by atoms with E-state index < -0.39 is 0 Å². The monoisotopic (exact) mass is 348 g/mol. The van der Waals surface area contributed by atoms with Crippen LogP contribution in [0.25, 0.3) is 5.82 Å². The summed E-state index contributed by atoms with van der Waals surface area (Å²) in [5.74, 6) is 1.54. The lowest BCUT2D eigenvalue weighted by Gasteiger charge is -2.23. The average Bonchev–Trinajstić information content (AvgIpc) is 3.38. The number of rotatable bonds is 6. The number of amides is 1. The Morgan fingerprint density at radius 2 is 2.04 bits per heavy atom. The van der Waals surface area contributed by atoms with Gasteiger partial charge in [0, 0.05) is 36.7 Å². The van der Waals surface area contributed by atoms with Crippen molar-refractivity contribution < 1.29 is 9.53 Å². The fraction of sp³-hybridized carbons (Fsp3) is 0.250. The van der Waals surface area contributed by atoms with E-state index >= 15 is 0 Å². The van der Waals surface area contributed by atoms with Crippen molar-refractivity contribution in [1.82, 2.24) is 19.4 Å². The Morgan fingerprint density at radius 3 is 2.69 bits per heavy atom. The molecule has 1 aliphatic carbocycles. The van der Waals surface area contributed by atoms with Gasteiger partial charge in [0.15, 0.2) is 0 Å². The fourth-order valence-corrected chi connectivity index (χ4v) is 2.93. The number of hydrogen-bond donors (Lipinski definition) is 0. The summed E-state index contributed by atoms with van der Waals surface area (Å²) in [7, 11) is 1.65. The molecule has 26 heavy (non-hydrogen) atoms. The van der Waals surface area contributed by atoms with E-state index in [1.807, 2.05) is 41.4 Å². The van der Waals surface area contributed by atoms with E-state index in [0.29, 0.717) is 24.0 Å². The van der Waals surface area contributed by atoms with Crippen molar-refractivity contribution in [2.45, 2.75) is 25.4 Å². The van der Waals surface area contributed by atoms with Gasteiger partial charge < -0.3 is 9.64 Å². The number of pyridine rings is 1. The molecule has 0 atom stereocenters. The highest BCUT2D eigenvalue weighted by atomic mass is 16.5. The Balaban J connectivity index is 1.56. The van der Waals surface area contributed by atoms with Crippen LogP contribution < -0.4 is 4.74 Å². The van der Waals surface area contributed by atoms with Crippen molar-refractivity contribution in [2.75, 3.05) is 7.11 Å². The second-order valence-corrected chi connectivity index (χ2v) is 6.38. The Hall–Kier alpha value is -3.15. The van der Waals surface area contributed by atoms with Gasteiger partial charge in [-0.1, -0.05) is 12.1 Å². The number of carbonyl (C=O) groups excluding carboxylic acids is 1. The molecule has 1 fully saturated rings. The van der Waals surface area contributed by atoms with Gasteiger partial charge in [0.25, 0.3) is 5.91 Å². The molecule has 2 aromatic heterocycles. The Kier molecular flexibility index (Phi) is 4.39. The predicted molar refractivity (Wildman–Crippen MR) is 97.2 cm³/mol. The summed E-state index contributed by atoms with van der Waals surface area (Å²) in [6.45, 7) is 0.593. The first-order valence-corrected chi connectivity index (χ1v) is 8.63. The molecule has 0 saturated heterocycles. The third kappa shape index (κ3) is 3.44. The van der Waals surface area contributed by atoms with E-state index in [2.05, 4.69) is 9.97 Å². The molecule has 0 bridgehead atoms. The summed E-state index contributed by atoms with van der Waals surface area (Å²) in [5, 5.41) is 0. The maximum absolute atomic E-state index is 13.1. The van der Waals surface area contributed by atoms with Crippen LogP contribution in [0.3, 0.4) is 0 Å². The quantitative estimate of drug-likeness (QED) is 0.687. The number of aromatic nitrogens is 3. The van der Waals surface area contributed by atoms with Crippen LogP contribution in [0.15, 0.2) is 61.3 Å². The lowest BCUT2D eigenvalue weighted by atomic mass is 10.1. The summed E-state index contributed by atoms with van der Waals surface area (Å²) in [6.07, 6.45) is 8.96. The van der Waals surface area contributed by atoms with Gasteiger partial charge >= 0.3 is 0 Å². The van der Waals surface area contributed by atoms with Gasteiger partial charge in [-0.3, -0.25) is 9.36 Å². The second-order valence-electron chi connectivity index (χ2n) is 6.38. The topological polar surface area (TPSA) is 60.2 Å². The molecule has 4 rings (SSSR count). The largest absolute Gasteiger partial charge is 0.497 e. The van der Waals surface area contributed by atoms with Crippen LogP contribution in [0.1, 0.15) is 28.8 Å². The van der Waals surface area contributed by atoms with Crippen molar-refractivity contribution in [3.63, 3.8) is 0 Å². The van der Waals surface area contributed by atoms with Gasteiger partial charge in [-0.15, -0.1) is 0 Å². The molecule has 6 heteroatoms. The minimum absolute atomic E-state index is 0.0343. The highest BCUT2D eigenvalue weighted by Gasteiger charge is 2.33. The number of hydrogen-bond acceptors (Lipinski definition) is 4. The van der Waals surface area contributed by atoms with Gasteiger partial charge in [0.1, 0.15) is 17.9 Å². The van der Waals surface area contributed by atoms with Gasteiger partial charge in [-0.25, -0.2) is 9.97 Å². The summed E-state index contributed by atoms with van der Waals surface area (Å²) in [4.78, 5) is 23.4. The highest BCUT2D eigenvalue weighted by molar-refractivity contribution is 5.95. The van der Waals surface area contributed by atoms with Crippen LogP contribution >= 0.6 is 0 Å². The van der Waals surface area contributed by atoms with Gasteiger partial charge in [-0.05, 0) is 42.7 Å². The molecule has 0 unspecified atom stereocenters. The summed E-state index contributed by atoms with van der Waals surface area (Å²) in [6, 6.07) is 11.8. The third-order valence-electron chi connectivity index (χ3n) is 4.52. The number of methoxy groups -OCH3 is 1. The molecule has 1 saturated carbocycles. The lowest BCUT2D eigenvalue weighted by Crippen LogP contribution is -2.32. The summed E-state index contributed by atoms with van der Waals surface area (Å²) in [5.41, 5.74) is 1.74. The van der Waals surface area contributed by atoms with Crippen LogP contribution in [0.2, 0.25) is 0 Å². The minimum atomic E-state index is 0.0343. The van der Waals surface area contributed by atoms with E-state index in [1.54, 1.807) is 36.5 Å². The SMILES string of the molecule is COc1ccc(CN(C(=O)c2ccnc(-n3ccnc3)c2)C2CC2)cc1. The Labute approximate surface area is 152 Å². The van der Waals surface area contributed by atoms with Crippen LogP contribution in [-0.4, -0.2) is 38.5 Å². The van der Waals surface area contributed by atoms with E-state index in [-0.39, 0.29) is 5.91 Å². The van der Waals surface area contributed by atoms with Crippen molar-refractivity contribution in [1.29, 1.82) is 0 Å². The molecule has 132 valence electrons. The molecule has 1 aliphatic rings. The minimum Gasteiger partial charge on any atom is -0.497 e. The molecule has 6 nitrogen and oxygen atoms in total. The standard InChI is InChI=1S/C20H20N4O2/c1-26-18-6-2-15(3-7-18)13-24(17-4-5-17)20(25)16-8-9-22-19(12-16)23-11-10-21-14-23/h2-3,6-12,14,17H,4-5,13H2,1H3. The first-order valence-electron chi connectivity index (χ1n) is 8.63. The van der Waals surface area contributed by atoms with Crippen molar-refractivity contribution in [3.05, 3.63) is 72.4 Å². The molecule has 1 aromatic carbocycles. The summed E-state index contributed by atoms with van der Waals surface area (Å²) < 4.78 is 7.00. The lowest BCUT2D eigenvalue weighted by molar-refractivity contribution is 0.0729. The molecule has 2 heterocycles. The second kappa shape index (κ2) is 7.00. The average molecular weight is 348 g/mol. The summed E-state index contributed by atoms with van der Waals surface area (Å²) >= 11 is 0. The fourth-order valence-electron chi connectivity index (χ4n) is 2.93. The van der Waals surface area contributed by atoms with Gasteiger partial charge in [-0.2, -0.15) is 0 Å². The molecule has 0 aliphatic heterocycles. The molecule has 0 N–H and O–H groups in total. The van der Waals surface area contributed by atoms with Crippen LogP contribution in [-0.2, 0) is 6.54 Å². The van der Waals surface area contributed by atoms with E-state index in [9.17, 15) is 4.79 Å². The van der Waals surface area contributed by atoms with E-state index in [1.165, 1.54) is 0 Å². The van der Waals surface area contributed by atoms with Crippen molar-refractivity contribution >= 4 is 5.91 Å². The molecule has 3 aromatic rings. The normalized spacial score (nSPS) is 13.4. The molecular formula is C20H20N4O2. The first kappa shape index (κ1) is 16.3. The first-order chi connectivity index (χ1) is 12.7. The zero-order chi connectivity index (χ0) is 17.9. The zero-order valence-electron chi connectivity index (χ0n) is 14.6. The molecule has 0 radical (unpaired) electrons. The van der Waals surface area contributed by atoms with E-state index in [4.69, 9.17) is 4.74 Å². The Morgan fingerprint density at radius 1 is 1.23 bits per heavy atom.